The maximum atomic E-state index is 11.8. The second-order valence-corrected chi connectivity index (χ2v) is 3.19. The highest BCUT2D eigenvalue weighted by atomic mass is 19.4. The van der Waals surface area contributed by atoms with Crippen LogP contribution in [0.4, 0.5) is 13.2 Å². The van der Waals surface area contributed by atoms with Gasteiger partial charge < -0.3 is 9.64 Å². The number of esters is 1. The summed E-state index contributed by atoms with van der Waals surface area (Å²) in [5.74, 6) is -3.44. The fraction of sp³-hybridized carbons (Fsp3) is 0.714. The number of nitrogens with two attached hydrogens (primary N) is 1. The normalized spacial score (nSPS) is 15.4. The molecular formula is C7H11F3N2O3. The van der Waals surface area contributed by atoms with Crippen LogP contribution in [-0.4, -0.2) is 42.8 Å². The zero-order valence-corrected chi connectivity index (χ0v) is 8.38. The number of alkyl halides is 3. The number of hydrogen-bond donors (Lipinski definition) is 1. The van der Waals surface area contributed by atoms with Crippen LogP contribution in [0, 0.1) is 0 Å². The Balaban J connectivity index is 4.66. The molecule has 5 nitrogen and oxygen atoms in total. The van der Waals surface area contributed by atoms with Crippen molar-refractivity contribution in [3.05, 3.63) is 0 Å². The molecule has 1 atom stereocenters. The van der Waals surface area contributed by atoms with Crippen molar-refractivity contribution < 1.29 is 27.5 Å². The van der Waals surface area contributed by atoms with Crippen LogP contribution in [0.2, 0.25) is 0 Å². The van der Waals surface area contributed by atoms with Gasteiger partial charge in [-0.05, 0) is 6.92 Å². The van der Waals surface area contributed by atoms with Crippen LogP contribution < -0.4 is 5.73 Å². The van der Waals surface area contributed by atoms with E-state index in [4.69, 9.17) is 5.73 Å². The molecule has 88 valence electrons. The Kier molecular flexibility index (Phi) is 3.70. The number of likely N-dealkylation sites (N-methyl/N-ethyl adjacent to an activating group) is 1. The van der Waals surface area contributed by atoms with Crippen molar-refractivity contribution in [2.24, 2.45) is 5.73 Å². The second-order valence-electron chi connectivity index (χ2n) is 3.19. The van der Waals surface area contributed by atoms with Crippen molar-refractivity contribution in [3.8, 4) is 0 Å². The third-order valence-corrected chi connectivity index (χ3v) is 1.37. The van der Waals surface area contributed by atoms with Crippen LogP contribution in [0.5, 0.6) is 0 Å². The molecule has 0 heterocycles. The van der Waals surface area contributed by atoms with Crippen LogP contribution in [0.1, 0.15) is 6.92 Å². The number of amides is 1. The summed E-state index contributed by atoms with van der Waals surface area (Å²) in [6.45, 7) is 0.874. The van der Waals surface area contributed by atoms with E-state index in [0.717, 1.165) is 11.8 Å². The summed E-state index contributed by atoms with van der Waals surface area (Å²) in [7, 11) is 2.55. The molecule has 0 bridgehead atoms. The average molecular weight is 228 g/mol. The molecule has 0 fully saturated rings. The molecule has 15 heavy (non-hydrogen) atoms. The first-order chi connectivity index (χ1) is 6.48. The molecule has 0 spiro atoms. The second kappa shape index (κ2) is 4.05. The van der Waals surface area contributed by atoms with Crippen molar-refractivity contribution in [3.63, 3.8) is 0 Å². The van der Waals surface area contributed by atoms with E-state index in [9.17, 15) is 22.8 Å². The number of ether oxygens (including phenoxy) is 1. The van der Waals surface area contributed by atoms with Crippen LogP contribution in [0.25, 0.3) is 0 Å². The highest BCUT2D eigenvalue weighted by Gasteiger charge is 2.46. The molecule has 1 amide bonds. The van der Waals surface area contributed by atoms with Gasteiger partial charge in [-0.2, -0.15) is 13.2 Å². The predicted molar refractivity (Wildman–Crippen MR) is 43.4 cm³/mol. The molecule has 0 saturated heterocycles. The van der Waals surface area contributed by atoms with E-state index >= 15 is 0 Å². The Hall–Kier alpha value is -1.31. The largest absolute Gasteiger partial charge is 0.491 e. The number of halogens is 3. The molecule has 0 saturated carbocycles. The predicted octanol–water partition coefficient (Wildman–Crippen LogP) is -0.145. The van der Waals surface area contributed by atoms with E-state index in [1.807, 2.05) is 0 Å². The maximum absolute atomic E-state index is 11.8. The van der Waals surface area contributed by atoms with Crippen molar-refractivity contribution in [1.29, 1.82) is 0 Å². The SMILES string of the molecule is CN(C)C(=O)[C@@](C)(N)OC(=O)C(F)(F)F. The van der Waals surface area contributed by atoms with Crippen molar-refractivity contribution >= 4 is 11.9 Å². The van der Waals surface area contributed by atoms with Crippen LogP contribution in [-0.2, 0) is 14.3 Å². The fourth-order valence-electron chi connectivity index (χ4n) is 0.738. The van der Waals surface area contributed by atoms with Crippen LogP contribution >= 0.6 is 0 Å². The lowest BCUT2D eigenvalue weighted by Crippen LogP contribution is -2.55. The molecule has 0 rings (SSSR count). The smallest absolute Gasteiger partial charge is 0.428 e. The van der Waals surface area contributed by atoms with E-state index in [1.165, 1.54) is 14.1 Å². The van der Waals surface area contributed by atoms with Gasteiger partial charge in [-0.15, -0.1) is 0 Å². The first kappa shape index (κ1) is 13.7. The van der Waals surface area contributed by atoms with Crippen molar-refractivity contribution in [2.45, 2.75) is 18.8 Å². The summed E-state index contributed by atoms with van der Waals surface area (Å²) in [4.78, 5) is 22.5. The molecule has 0 aliphatic carbocycles. The minimum Gasteiger partial charge on any atom is -0.428 e. The first-order valence-corrected chi connectivity index (χ1v) is 3.79. The van der Waals surface area contributed by atoms with Gasteiger partial charge in [-0.3, -0.25) is 10.5 Å². The van der Waals surface area contributed by atoms with Crippen LogP contribution in [0.3, 0.4) is 0 Å². The number of carbonyl (C=O) groups is 2. The Labute approximate surface area is 84.0 Å². The Morgan fingerprint density at radius 3 is 1.93 bits per heavy atom. The Bertz CT molecular complexity index is 273. The molecule has 2 N–H and O–H groups in total. The standard InChI is InChI=1S/C7H11F3N2O3/c1-6(11,4(13)12(2)3)15-5(14)7(8,9)10/h11H2,1-3H3/t6-/m0/s1. The summed E-state index contributed by atoms with van der Waals surface area (Å²) >= 11 is 0. The lowest BCUT2D eigenvalue weighted by molar-refractivity contribution is -0.214. The number of carbonyl (C=O) groups excluding carboxylic acids is 2. The van der Waals surface area contributed by atoms with E-state index in [2.05, 4.69) is 4.74 Å². The molecule has 0 unspecified atom stereocenters. The molecule has 0 radical (unpaired) electrons. The number of nitrogens with zero attached hydrogens (tertiary/aromatic N) is 1. The zero-order valence-electron chi connectivity index (χ0n) is 8.38. The van der Waals surface area contributed by atoms with Gasteiger partial charge in [0.15, 0.2) is 0 Å². The van der Waals surface area contributed by atoms with Crippen molar-refractivity contribution in [1.82, 2.24) is 4.90 Å². The summed E-state index contributed by atoms with van der Waals surface area (Å²) in [5.41, 5.74) is 2.80. The third-order valence-electron chi connectivity index (χ3n) is 1.37. The summed E-state index contributed by atoms with van der Waals surface area (Å²) in [6, 6.07) is 0. The summed E-state index contributed by atoms with van der Waals surface area (Å²) in [6.07, 6.45) is -5.17. The Morgan fingerprint density at radius 2 is 1.67 bits per heavy atom. The quantitative estimate of drug-likeness (QED) is 0.527. The van der Waals surface area contributed by atoms with Crippen LogP contribution in [0.15, 0.2) is 0 Å². The van der Waals surface area contributed by atoms with E-state index < -0.39 is 23.8 Å². The average Bonchev–Trinajstić information content (AvgIpc) is 2.00. The van der Waals surface area contributed by atoms with Gasteiger partial charge in [-0.25, -0.2) is 4.79 Å². The molecule has 0 aliphatic rings. The minimum absolute atomic E-state index is 0.874. The topological polar surface area (TPSA) is 72.6 Å². The highest BCUT2D eigenvalue weighted by Crippen LogP contribution is 2.19. The highest BCUT2D eigenvalue weighted by molar-refractivity contribution is 5.87. The minimum atomic E-state index is -5.17. The van der Waals surface area contributed by atoms with E-state index in [0.29, 0.717) is 0 Å². The molecule has 0 aromatic rings. The van der Waals surface area contributed by atoms with Gasteiger partial charge in [0, 0.05) is 14.1 Å². The van der Waals surface area contributed by atoms with Gasteiger partial charge in [0.25, 0.3) is 5.91 Å². The summed E-state index contributed by atoms with van der Waals surface area (Å²) in [5, 5.41) is 0. The molecular weight excluding hydrogens is 217 g/mol. The lowest BCUT2D eigenvalue weighted by Gasteiger charge is -2.26. The Morgan fingerprint density at radius 1 is 1.27 bits per heavy atom. The number of rotatable bonds is 2. The van der Waals surface area contributed by atoms with E-state index in [1.54, 1.807) is 0 Å². The van der Waals surface area contributed by atoms with Gasteiger partial charge in [-0.1, -0.05) is 0 Å². The third kappa shape index (κ3) is 3.74. The van der Waals surface area contributed by atoms with E-state index in [-0.39, 0.29) is 0 Å². The van der Waals surface area contributed by atoms with Gasteiger partial charge >= 0.3 is 12.1 Å². The monoisotopic (exact) mass is 228 g/mol. The number of hydrogen-bond acceptors (Lipinski definition) is 4. The first-order valence-electron chi connectivity index (χ1n) is 3.79. The summed E-state index contributed by atoms with van der Waals surface area (Å²) < 4.78 is 39.2. The van der Waals surface area contributed by atoms with Gasteiger partial charge in [0.2, 0.25) is 5.72 Å². The van der Waals surface area contributed by atoms with Gasteiger partial charge in [0.1, 0.15) is 0 Å². The fourth-order valence-corrected chi connectivity index (χ4v) is 0.738. The zero-order chi connectivity index (χ0) is 12.4. The molecule has 0 aromatic carbocycles. The van der Waals surface area contributed by atoms with Crippen molar-refractivity contribution in [2.75, 3.05) is 14.1 Å². The molecule has 8 heteroatoms. The lowest BCUT2D eigenvalue weighted by atomic mass is 10.2. The molecule has 0 aliphatic heterocycles. The maximum Gasteiger partial charge on any atom is 0.491 e. The van der Waals surface area contributed by atoms with Gasteiger partial charge in [0.05, 0.1) is 0 Å². The molecule has 0 aromatic heterocycles.